The fraction of sp³-hybridized carbons (Fsp3) is 0.138. The summed E-state index contributed by atoms with van der Waals surface area (Å²) in [4.78, 5) is 4.97. The van der Waals surface area contributed by atoms with Gasteiger partial charge in [-0.3, -0.25) is 5.01 Å². The van der Waals surface area contributed by atoms with Crippen molar-refractivity contribution in [1.82, 2.24) is 9.55 Å². The number of pyridine rings is 1. The monoisotopic (exact) mass is 558 g/mol. The first-order valence-electron chi connectivity index (χ1n) is 11.6. The Bertz CT molecular complexity index is 1430. The molecule has 0 spiro atoms. The smallest absolute Gasteiger partial charge is 0.149 e. The normalized spacial score (nSPS) is 11.1. The molecule has 0 radical (unpaired) electrons. The summed E-state index contributed by atoms with van der Waals surface area (Å²) in [7, 11) is 0. The predicted octanol–water partition coefficient (Wildman–Crippen LogP) is 7.65. The number of benzene rings is 3. The van der Waals surface area contributed by atoms with E-state index in [1.807, 2.05) is 12.1 Å². The maximum Gasteiger partial charge on any atom is 0.149 e. The highest BCUT2D eigenvalue weighted by atomic mass is 127. The van der Waals surface area contributed by atoms with Gasteiger partial charge in [0.1, 0.15) is 11.5 Å². The van der Waals surface area contributed by atoms with E-state index in [4.69, 9.17) is 10.8 Å². The van der Waals surface area contributed by atoms with E-state index < -0.39 is 0 Å². The number of aromatic nitrogens is 2. The molecule has 34 heavy (non-hydrogen) atoms. The molecule has 4 nitrogen and oxygen atoms in total. The van der Waals surface area contributed by atoms with Gasteiger partial charge >= 0.3 is 0 Å². The van der Waals surface area contributed by atoms with Crippen molar-refractivity contribution in [2.45, 2.75) is 26.2 Å². The van der Waals surface area contributed by atoms with Crippen molar-refractivity contribution >= 4 is 45.1 Å². The minimum absolute atomic E-state index is 0.718. The Morgan fingerprint density at radius 3 is 2.53 bits per heavy atom. The van der Waals surface area contributed by atoms with Gasteiger partial charge < -0.3 is 4.57 Å². The molecule has 0 amide bonds. The number of nitrogens with zero attached hydrogens (tertiary/aromatic N) is 3. The molecule has 2 N–H and O–H groups in total. The van der Waals surface area contributed by atoms with E-state index in [2.05, 4.69) is 119 Å². The number of aryl methyl sites for hydroxylation is 1. The third kappa shape index (κ3) is 4.72. The summed E-state index contributed by atoms with van der Waals surface area (Å²) >= 11 is 2.36. The number of nitrogens with two attached hydrogens (primary N) is 1. The lowest BCUT2D eigenvalue weighted by molar-refractivity contribution is 0.794. The molecule has 0 bridgehead atoms. The summed E-state index contributed by atoms with van der Waals surface area (Å²) in [6.07, 6.45) is 5.47. The zero-order valence-electron chi connectivity index (χ0n) is 19.2. The van der Waals surface area contributed by atoms with Gasteiger partial charge in [0, 0.05) is 20.8 Å². The average Bonchev–Trinajstić information content (AvgIpc) is 3.30. The van der Waals surface area contributed by atoms with Crippen molar-refractivity contribution in [3.8, 4) is 16.8 Å². The maximum atomic E-state index is 6.59. The van der Waals surface area contributed by atoms with Gasteiger partial charge in [0.05, 0.1) is 5.69 Å². The SMILES string of the molecule is CCCCc1cc(I)cc(N(N)c2ccc3ccn(-c4cccc(-c5ccccc5)c4)c3n2)c1. The van der Waals surface area contributed by atoms with Gasteiger partial charge in [-0.25, -0.2) is 10.8 Å². The molecule has 0 aliphatic rings. The Hall–Kier alpha value is -3.16. The number of halogens is 1. The van der Waals surface area contributed by atoms with Crippen molar-refractivity contribution in [2.75, 3.05) is 5.01 Å². The first-order chi connectivity index (χ1) is 16.6. The van der Waals surface area contributed by atoms with Gasteiger partial charge in [0.2, 0.25) is 0 Å². The second-order valence-corrected chi connectivity index (χ2v) is 9.72. The lowest BCUT2D eigenvalue weighted by Gasteiger charge is -2.19. The van der Waals surface area contributed by atoms with E-state index in [1.54, 1.807) is 5.01 Å². The van der Waals surface area contributed by atoms with Crippen LogP contribution in [0.15, 0.2) is 97.2 Å². The summed E-state index contributed by atoms with van der Waals surface area (Å²) in [5.74, 6) is 7.31. The fourth-order valence-corrected chi connectivity index (χ4v) is 4.96. The average molecular weight is 558 g/mol. The lowest BCUT2D eigenvalue weighted by atomic mass is 10.1. The Labute approximate surface area is 214 Å². The number of hydrogen-bond acceptors (Lipinski definition) is 3. The van der Waals surface area contributed by atoms with Crippen molar-refractivity contribution in [1.29, 1.82) is 0 Å². The van der Waals surface area contributed by atoms with Gasteiger partial charge in [-0.05, 0) is 101 Å². The van der Waals surface area contributed by atoms with Crippen LogP contribution in [0, 0.1) is 3.57 Å². The Balaban J connectivity index is 1.52. The van der Waals surface area contributed by atoms with E-state index in [0.717, 1.165) is 34.6 Å². The molecule has 2 aromatic heterocycles. The van der Waals surface area contributed by atoms with Crippen LogP contribution in [0.5, 0.6) is 0 Å². The number of unbranched alkanes of at least 4 members (excludes halogenated alkanes) is 1. The highest BCUT2D eigenvalue weighted by Gasteiger charge is 2.12. The third-order valence-corrected chi connectivity index (χ3v) is 6.66. The van der Waals surface area contributed by atoms with Gasteiger partial charge in [-0.1, -0.05) is 55.8 Å². The molecule has 0 atom stereocenters. The Kier molecular flexibility index (Phi) is 6.65. The number of rotatable bonds is 7. The largest absolute Gasteiger partial charge is 0.301 e. The van der Waals surface area contributed by atoms with Crippen molar-refractivity contribution < 1.29 is 0 Å². The summed E-state index contributed by atoms with van der Waals surface area (Å²) in [5.41, 5.74) is 6.58. The summed E-state index contributed by atoms with van der Waals surface area (Å²) in [6, 6.07) is 31.6. The van der Waals surface area contributed by atoms with E-state index in [9.17, 15) is 0 Å². The molecule has 5 aromatic rings. The quantitative estimate of drug-likeness (QED) is 0.127. The van der Waals surface area contributed by atoms with Crippen LogP contribution in [-0.2, 0) is 6.42 Å². The molecular weight excluding hydrogens is 531 g/mol. The van der Waals surface area contributed by atoms with Crippen LogP contribution in [-0.4, -0.2) is 9.55 Å². The van der Waals surface area contributed by atoms with Gasteiger partial charge in [-0.2, -0.15) is 0 Å². The molecule has 0 aliphatic heterocycles. The zero-order chi connectivity index (χ0) is 23.5. The summed E-state index contributed by atoms with van der Waals surface area (Å²) in [5, 5.41) is 2.77. The lowest BCUT2D eigenvalue weighted by Crippen LogP contribution is -2.26. The molecule has 0 saturated carbocycles. The van der Waals surface area contributed by atoms with E-state index in [1.165, 1.54) is 33.1 Å². The van der Waals surface area contributed by atoms with Crippen molar-refractivity contribution in [3.63, 3.8) is 0 Å². The molecule has 3 aromatic carbocycles. The first kappa shape index (κ1) is 22.6. The molecule has 2 heterocycles. The van der Waals surface area contributed by atoms with E-state index in [-0.39, 0.29) is 0 Å². The number of anilines is 2. The molecule has 0 unspecified atom stereocenters. The van der Waals surface area contributed by atoms with Crippen LogP contribution in [0.25, 0.3) is 27.8 Å². The van der Waals surface area contributed by atoms with Crippen molar-refractivity contribution in [2.24, 2.45) is 5.84 Å². The number of fused-ring (bicyclic) bond motifs is 1. The van der Waals surface area contributed by atoms with Crippen LogP contribution in [0.3, 0.4) is 0 Å². The highest BCUT2D eigenvalue weighted by molar-refractivity contribution is 14.1. The fourth-order valence-electron chi connectivity index (χ4n) is 4.24. The Morgan fingerprint density at radius 1 is 0.882 bits per heavy atom. The maximum absolute atomic E-state index is 6.59. The molecule has 5 heteroatoms. The van der Waals surface area contributed by atoms with Crippen molar-refractivity contribution in [3.05, 3.63) is 106 Å². The first-order valence-corrected chi connectivity index (χ1v) is 12.7. The summed E-state index contributed by atoms with van der Waals surface area (Å²) in [6.45, 7) is 2.22. The second kappa shape index (κ2) is 9.99. The molecule has 0 fully saturated rings. The van der Waals surface area contributed by atoms with Gasteiger partial charge in [0.15, 0.2) is 0 Å². The third-order valence-electron chi connectivity index (χ3n) is 6.04. The van der Waals surface area contributed by atoms with Gasteiger partial charge in [-0.15, -0.1) is 0 Å². The predicted molar refractivity (Wildman–Crippen MR) is 151 cm³/mol. The highest BCUT2D eigenvalue weighted by Crippen LogP contribution is 2.29. The van der Waals surface area contributed by atoms with Crippen LogP contribution < -0.4 is 10.9 Å². The zero-order valence-corrected chi connectivity index (χ0v) is 21.3. The molecule has 0 aliphatic carbocycles. The molecular formula is C29H27IN4. The minimum Gasteiger partial charge on any atom is -0.301 e. The second-order valence-electron chi connectivity index (χ2n) is 8.48. The number of hydrazine groups is 1. The van der Waals surface area contributed by atoms with Crippen LogP contribution in [0.4, 0.5) is 11.5 Å². The van der Waals surface area contributed by atoms with Gasteiger partial charge in [0.25, 0.3) is 0 Å². The van der Waals surface area contributed by atoms with E-state index in [0.29, 0.717) is 0 Å². The molecule has 170 valence electrons. The minimum atomic E-state index is 0.718. The van der Waals surface area contributed by atoms with Crippen LogP contribution in [0.1, 0.15) is 25.3 Å². The standard InChI is InChI=1S/C29H27IN4/c1-2-3-8-21-17-25(30)20-27(18-21)34(31)28-14-13-23-15-16-33(29(23)32-28)26-12-7-11-24(19-26)22-9-5-4-6-10-22/h4-7,9-20H,2-3,8,31H2,1H3. The topological polar surface area (TPSA) is 47.1 Å². The van der Waals surface area contributed by atoms with Crippen LogP contribution >= 0.6 is 22.6 Å². The van der Waals surface area contributed by atoms with Crippen LogP contribution in [0.2, 0.25) is 0 Å². The molecule has 5 rings (SSSR count). The van der Waals surface area contributed by atoms with E-state index >= 15 is 0 Å². The molecule has 0 saturated heterocycles. The number of hydrogen-bond donors (Lipinski definition) is 1. The summed E-state index contributed by atoms with van der Waals surface area (Å²) < 4.78 is 3.31. The Morgan fingerprint density at radius 2 is 1.71 bits per heavy atom.